The zero-order valence-corrected chi connectivity index (χ0v) is 13.2. The molecule has 0 aliphatic rings. The molecular formula is C17H25N3O. The number of methoxy groups -OCH3 is 1. The molecule has 2 rings (SSSR count). The fourth-order valence-electron chi connectivity index (χ4n) is 2.42. The standard InChI is InChI=1S/C17H25N3O/c1-4-18-13-15-12-14-8-5-6-9-16(14)17(19-15)20(2)10-7-11-21-3/h5-6,8-9,12,18H,4,7,10-11,13H2,1-3H3. The summed E-state index contributed by atoms with van der Waals surface area (Å²) in [6.45, 7) is 5.58. The third-order valence-electron chi connectivity index (χ3n) is 3.53. The molecule has 21 heavy (non-hydrogen) atoms. The van der Waals surface area contributed by atoms with Gasteiger partial charge in [-0.15, -0.1) is 0 Å². The monoisotopic (exact) mass is 287 g/mol. The number of pyridine rings is 1. The Morgan fingerprint density at radius 2 is 2.10 bits per heavy atom. The lowest BCUT2D eigenvalue weighted by atomic mass is 10.1. The third kappa shape index (κ3) is 4.16. The Hall–Kier alpha value is -1.65. The number of rotatable bonds is 8. The first-order valence-electron chi connectivity index (χ1n) is 7.55. The van der Waals surface area contributed by atoms with Gasteiger partial charge in [0.05, 0.1) is 5.69 Å². The number of nitrogens with one attached hydrogen (secondary N) is 1. The number of nitrogens with zero attached hydrogens (tertiary/aromatic N) is 2. The van der Waals surface area contributed by atoms with Crippen molar-refractivity contribution in [3.8, 4) is 0 Å². The highest BCUT2D eigenvalue weighted by atomic mass is 16.5. The average molecular weight is 287 g/mol. The van der Waals surface area contributed by atoms with E-state index in [0.29, 0.717) is 0 Å². The smallest absolute Gasteiger partial charge is 0.136 e. The second-order valence-electron chi connectivity index (χ2n) is 5.21. The van der Waals surface area contributed by atoms with Gasteiger partial charge in [0.25, 0.3) is 0 Å². The Morgan fingerprint density at radius 1 is 1.29 bits per heavy atom. The number of hydrogen-bond donors (Lipinski definition) is 1. The van der Waals surface area contributed by atoms with Crippen molar-refractivity contribution in [2.24, 2.45) is 0 Å². The molecule has 1 N–H and O–H groups in total. The Balaban J connectivity index is 2.29. The fraction of sp³-hybridized carbons (Fsp3) is 0.471. The van der Waals surface area contributed by atoms with Crippen LogP contribution in [-0.2, 0) is 11.3 Å². The first-order valence-corrected chi connectivity index (χ1v) is 7.55. The predicted molar refractivity (Wildman–Crippen MR) is 88.9 cm³/mol. The van der Waals surface area contributed by atoms with E-state index in [1.165, 1.54) is 10.8 Å². The highest BCUT2D eigenvalue weighted by Gasteiger charge is 2.09. The largest absolute Gasteiger partial charge is 0.385 e. The molecular weight excluding hydrogens is 262 g/mol. The van der Waals surface area contributed by atoms with Crippen molar-refractivity contribution in [2.45, 2.75) is 19.9 Å². The molecule has 0 fully saturated rings. The van der Waals surface area contributed by atoms with Gasteiger partial charge in [-0.3, -0.25) is 0 Å². The summed E-state index contributed by atoms with van der Waals surface area (Å²) in [5.41, 5.74) is 1.09. The minimum atomic E-state index is 0.777. The van der Waals surface area contributed by atoms with E-state index in [1.54, 1.807) is 7.11 Å². The zero-order chi connectivity index (χ0) is 15.1. The van der Waals surface area contributed by atoms with Crippen molar-refractivity contribution >= 4 is 16.6 Å². The molecule has 1 aromatic carbocycles. The van der Waals surface area contributed by atoms with Crippen molar-refractivity contribution in [3.63, 3.8) is 0 Å². The molecule has 2 aromatic rings. The van der Waals surface area contributed by atoms with Gasteiger partial charge in [0.1, 0.15) is 5.82 Å². The van der Waals surface area contributed by atoms with E-state index in [-0.39, 0.29) is 0 Å². The normalized spacial score (nSPS) is 11.0. The lowest BCUT2D eigenvalue weighted by Crippen LogP contribution is -2.22. The van der Waals surface area contributed by atoms with Crippen LogP contribution in [0.3, 0.4) is 0 Å². The summed E-state index contributed by atoms with van der Waals surface area (Å²) < 4.78 is 5.14. The molecule has 4 heteroatoms. The van der Waals surface area contributed by atoms with E-state index in [0.717, 1.165) is 44.2 Å². The van der Waals surface area contributed by atoms with E-state index in [2.05, 4.69) is 54.5 Å². The molecule has 0 bridgehead atoms. The van der Waals surface area contributed by atoms with E-state index >= 15 is 0 Å². The van der Waals surface area contributed by atoms with Gasteiger partial charge in [0.2, 0.25) is 0 Å². The van der Waals surface area contributed by atoms with Crippen LogP contribution >= 0.6 is 0 Å². The summed E-state index contributed by atoms with van der Waals surface area (Å²) in [6.07, 6.45) is 1.00. The molecule has 0 saturated heterocycles. The number of aromatic nitrogens is 1. The van der Waals surface area contributed by atoms with E-state index < -0.39 is 0 Å². The van der Waals surface area contributed by atoms with E-state index in [9.17, 15) is 0 Å². The molecule has 0 atom stereocenters. The van der Waals surface area contributed by atoms with Crippen LogP contribution in [0.1, 0.15) is 19.0 Å². The number of hydrogen-bond acceptors (Lipinski definition) is 4. The first-order chi connectivity index (χ1) is 10.3. The lowest BCUT2D eigenvalue weighted by Gasteiger charge is -2.21. The molecule has 0 saturated carbocycles. The Bertz CT molecular complexity index is 571. The predicted octanol–water partition coefficient (Wildman–Crippen LogP) is 2.82. The number of fused-ring (bicyclic) bond motifs is 1. The summed E-state index contributed by atoms with van der Waals surface area (Å²) >= 11 is 0. The van der Waals surface area contributed by atoms with Gasteiger partial charge >= 0.3 is 0 Å². The van der Waals surface area contributed by atoms with Crippen molar-refractivity contribution < 1.29 is 4.74 Å². The first kappa shape index (κ1) is 15.7. The zero-order valence-electron chi connectivity index (χ0n) is 13.2. The summed E-state index contributed by atoms with van der Waals surface area (Å²) in [6, 6.07) is 10.6. The summed E-state index contributed by atoms with van der Waals surface area (Å²) in [7, 11) is 3.84. The quantitative estimate of drug-likeness (QED) is 0.758. The van der Waals surface area contributed by atoms with Crippen LogP contribution in [0.25, 0.3) is 10.8 Å². The molecule has 1 aromatic heterocycles. The highest BCUT2D eigenvalue weighted by molar-refractivity contribution is 5.92. The van der Waals surface area contributed by atoms with Crippen LogP contribution in [0.15, 0.2) is 30.3 Å². The summed E-state index contributed by atoms with van der Waals surface area (Å²) in [4.78, 5) is 7.06. The molecule has 1 heterocycles. The van der Waals surface area contributed by atoms with Crippen molar-refractivity contribution in [2.75, 3.05) is 38.8 Å². The molecule has 0 spiro atoms. The number of benzene rings is 1. The van der Waals surface area contributed by atoms with Gasteiger partial charge in [0.15, 0.2) is 0 Å². The van der Waals surface area contributed by atoms with Crippen LogP contribution in [0.4, 0.5) is 5.82 Å². The van der Waals surface area contributed by atoms with Gasteiger partial charge in [-0.05, 0) is 24.4 Å². The number of ether oxygens (including phenoxy) is 1. The Kier molecular flexibility index (Phi) is 5.96. The van der Waals surface area contributed by atoms with Crippen LogP contribution in [-0.4, -0.2) is 38.8 Å². The molecule has 0 aliphatic heterocycles. The maximum atomic E-state index is 5.14. The maximum Gasteiger partial charge on any atom is 0.136 e. The van der Waals surface area contributed by atoms with Gasteiger partial charge in [0, 0.05) is 39.2 Å². The Morgan fingerprint density at radius 3 is 2.86 bits per heavy atom. The van der Waals surface area contributed by atoms with Crippen LogP contribution in [0.5, 0.6) is 0 Å². The Labute approximate surface area is 127 Å². The van der Waals surface area contributed by atoms with Gasteiger partial charge < -0.3 is 15.0 Å². The molecule has 0 unspecified atom stereocenters. The minimum absolute atomic E-state index is 0.777. The average Bonchev–Trinajstić information content (AvgIpc) is 2.52. The summed E-state index contributed by atoms with van der Waals surface area (Å²) in [5, 5.41) is 5.80. The molecule has 0 radical (unpaired) electrons. The molecule has 0 aliphatic carbocycles. The van der Waals surface area contributed by atoms with Crippen molar-refractivity contribution in [1.82, 2.24) is 10.3 Å². The van der Waals surface area contributed by atoms with Crippen molar-refractivity contribution in [3.05, 3.63) is 36.0 Å². The maximum absolute atomic E-state index is 5.14. The van der Waals surface area contributed by atoms with Crippen molar-refractivity contribution in [1.29, 1.82) is 0 Å². The SMILES string of the molecule is CCNCc1cc2ccccc2c(N(C)CCCOC)n1. The number of anilines is 1. The van der Waals surface area contributed by atoms with E-state index in [1.807, 2.05) is 0 Å². The summed E-state index contributed by atoms with van der Waals surface area (Å²) in [5.74, 6) is 1.05. The molecule has 4 nitrogen and oxygen atoms in total. The topological polar surface area (TPSA) is 37.4 Å². The van der Waals surface area contributed by atoms with E-state index in [4.69, 9.17) is 9.72 Å². The second kappa shape index (κ2) is 7.96. The van der Waals surface area contributed by atoms with Gasteiger partial charge in [-0.1, -0.05) is 31.2 Å². The van der Waals surface area contributed by atoms with Crippen LogP contribution in [0.2, 0.25) is 0 Å². The fourth-order valence-corrected chi connectivity index (χ4v) is 2.42. The second-order valence-corrected chi connectivity index (χ2v) is 5.21. The molecule has 114 valence electrons. The minimum Gasteiger partial charge on any atom is -0.385 e. The molecule has 0 amide bonds. The van der Waals surface area contributed by atoms with Crippen LogP contribution in [0, 0.1) is 0 Å². The van der Waals surface area contributed by atoms with Gasteiger partial charge in [-0.2, -0.15) is 0 Å². The van der Waals surface area contributed by atoms with Gasteiger partial charge in [-0.25, -0.2) is 4.98 Å². The lowest BCUT2D eigenvalue weighted by molar-refractivity contribution is 0.196. The highest BCUT2D eigenvalue weighted by Crippen LogP contribution is 2.25. The third-order valence-corrected chi connectivity index (χ3v) is 3.53. The van der Waals surface area contributed by atoms with Crippen LogP contribution < -0.4 is 10.2 Å².